The molecule has 0 aliphatic rings. The van der Waals surface area contributed by atoms with Crippen LogP contribution >= 0.6 is 0 Å². The van der Waals surface area contributed by atoms with E-state index in [0.717, 1.165) is 22.3 Å². The van der Waals surface area contributed by atoms with Gasteiger partial charge in [-0.25, -0.2) is 9.78 Å². The Balaban J connectivity index is 2.13. The number of fused-ring (bicyclic) bond motifs is 1. The molecule has 2 aromatic carbocycles. The van der Waals surface area contributed by atoms with Crippen LogP contribution in [0.1, 0.15) is 16.1 Å². The van der Waals surface area contributed by atoms with Gasteiger partial charge in [0.1, 0.15) is 0 Å². The molecule has 4 nitrogen and oxygen atoms in total. The molecule has 0 saturated heterocycles. The molecule has 2 N–H and O–H groups in total. The highest BCUT2D eigenvalue weighted by molar-refractivity contribution is 5.98. The van der Waals surface area contributed by atoms with Gasteiger partial charge in [0.05, 0.1) is 11.2 Å². The van der Waals surface area contributed by atoms with Gasteiger partial charge < -0.3 is 10.4 Å². The molecule has 0 radical (unpaired) electrons. The van der Waals surface area contributed by atoms with E-state index in [9.17, 15) is 9.90 Å². The van der Waals surface area contributed by atoms with Crippen LogP contribution in [0.15, 0.2) is 54.6 Å². The first-order valence-electron chi connectivity index (χ1n) is 6.60. The van der Waals surface area contributed by atoms with E-state index in [2.05, 4.69) is 10.3 Å². The third kappa shape index (κ3) is 2.69. The standard InChI is InChI=1S/C17H14N2O2/c1-11-5-4-6-12(9-11)18-15-10-16(17(20)21)19-14-8-3-2-7-13(14)15/h2-10H,1H3,(H,18,19)(H,20,21). The molecule has 1 aromatic heterocycles. The van der Waals surface area contributed by atoms with E-state index in [1.54, 1.807) is 6.07 Å². The molecule has 3 rings (SSSR count). The van der Waals surface area contributed by atoms with E-state index in [0.29, 0.717) is 5.52 Å². The molecule has 0 unspecified atom stereocenters. The predicted molar refractivity (Wildman–Crippen MR) is 83.2 cm³/mol. The number of hydrogen-bond donors (Lipinski definition) is 2. The second-order valence-electron chi connectivity index (χ2n) is 4.87. The summed E-state index contributed by atoms with van der Waals surface area (Å²) in [5.41, 5.74) is 3.49. The smallest absolute Gasteiger partial charge is 0.354 e. The number of aromatic nitrogens is 1. The van der Waals surface area contributed by atoms with Crippen LogP contribution in [-0.4, -0.2) is 16.1 Å². The minimum atomic E-state index is -1.03. The van der Waals surface area contributed by atoms with Crippen molar-refractivity contribution in [1.29, 1.82) is 0 Å². The Morgan fingerprint density at radius 2 is 1.90 bits per heavy atom. The molecule has 0 saturated carbocycles. The Morgan fingerprint density at radius 3 is 2.67 bits per heavy atom. The summed E-state index contributed by atoms with van der Waals surface area (Å²) >= 11 is 0. The molecule has 3 aromatic rings. The second kappa shape index (κ2) is 5.25. The maximum Gasteiger partial charge on any atom is 0.354 e. The molecule has 0 atom stereocenters. The number of hydrogen-bond acceptors (Lipinski definition) is 3. The zero-order valence-electron chi connectivity index (χ0n) is 11.5. The fraction of sp³-hybridized carbons (Fsp3) is 0.0588. The van der Waals surface area contributed by atoms with Crippen molar-refractivity contribution in [1.82, 2.24) is 4.98 Å². The van der Waals surface area contributed by atoms with Gasteiger partial charge in [-0.15, -0.1) is 0 Å². The van der Waals surface area contributed by atoms with Gasteiger partial charge in [-0.05, 0) is 36.8 Å². The lowest BCUT2D eigenvalue weighted by molar-refractivity contribution is 0.0691. The number of carbonyl (C=O) groups is 1. The third-order valence-electron chi connectivity index (χ3n) is 3.23. The van der Waals surface area contributed by atoms with Gasteiger partial charge >= 0.3 is 5.97 Å². The van der Waals surface area contributed by atoms with Crippen LogP contribution in [0, 0.1) is 6.92 Å². The number of nitrogens with zero attached hydrogens (tertiary/aromatic N) is 1. The van der Waals surface area contributed by atoms with Crippen LogP contribution < -0.4 is 5.32 Å². The van der Waals surface area contributed by atoms with Crippen LogP contribution in [0.5, 0.6) is 0 Å². The third-order valence-corrected chi connectivity index (χ3v) is 3.23. The largest absolute Gasteiger partial charge is 0.477 e. The minimum Gasteiger partial charge on any atom is -0.477 e. The van der Waals surface area contributed by atoms with E-state index in [-0.39, 0.29) is 5.69 Å². The first-order chi connectivity index (χ1) is 10.1. The molecule has 21 heavy (non-hydrogen) atoms. The van der Waals surface area contributed by atoms with Crippen LogP contribution in [0.2, 0.25) is 0 Å². The quantitative estimate of drug-likeness (QED) is 0.760. The highest BCUT2D eigenvalue weighted by Gasteiger charge is 2.10. The molecular weight excluding hydrogens is 264 g/mol. The molecule has 1 heterocycles. The fourth-order valence-electron chi connectivity index (χ4n) is 2.27. The van der Waals surface area contributed by atoms with Crippen molar-refractivity contribution >= 4 is 28.2 Å². The summed E-state index contributed by atoms with van der Waals surface area (Å²) in [5.74, 6) is -1.03. The van der Waals surface area contributed by atoms with Crippen LogP contribution in [0.4, 0.5) is 11.4 Å². The predicted octanol–water partition coefficient (Wildman–Crippen LogP) is 3.99. The van der Waals surface area contributed by atoms with E-state index in [1.165, 1.54) is 0 Å². The van der Waals surface area contributed by atoms with Crippen LogP contribution in [0.3, 0.4) is 0 Å². The summed E-state index contributed by atoms with van der Waals surface area (Å²) in [7, 11) is 0. The summed E-state index contributed by atoms with van der Waals surface area (Å²) in [6.45, 7) is 2.01. The molecule has 0 amide bonds. The fourth-order valence-corrected chi connectivity index (χ4v) is 2.27. The second-order valence-corrected chi connectivity index (χ2v) is 4.87. The summed E-state index contributed by atoms with van der Waals surface area (Å²) < 4.78 is 0. The van der Waals surface area contributed by atoms with Gasteiger partial charge in [0.2, 0.25) is 0 Å². The van der Waals surface area contributed by atoms with E-state index in [4.69, 9.17) is 0 Å². The number of aryl methyl sites for hydroxylation is 1. The number of carboxylic acid groups (broad SMARTS) is 1. The van der Waals surface area contributed by atoms with Crippen molar-refractivity contribution in [3.63, 3.8) is 0 Å². The Kier molecular flexibility index (Phi) is 3.28. The lowest BCUT2D eigenvalue weighted by atomic mass is 10.1. The Hall–Kier alpha value is -2.88. The highest BCUT2D eigenvalue weighted by atomic mass is 16.4. The maximum absolute atomic E-state index is 11.2. The zero-order chi connectivity index (χ0) is 14.8. The van der Waals surface area contributed by atoms with Crippen molar-refractivity contribution in [2.75, 3.05) is 5.32 Å². The molecule has 0 spiro atoms. The van der Waals surface area contributed by atoms with E-state index < -0.39 is 5.97 Å². The number of anilines is 2. The molecule has 0 bridgehead atoms. The normalized spacial score (nSPS) is 10.5. The average Bonchev–Trinajstić information content (AvgIpc) is 2.47. The minimum absolute atomic E-state index is 0.0313. The zero-order valence-corrected chi connectivity index (χ0v) is 11.5. The molecule has 0 aliphatic carbocycles. The number of pyridine rings is 1. The van der Waals surface area contributed by atoms with Gasteiger partial charge in [-0.3, -0.25) is 0 Å². The van der Waals surface area contributed by atoms with Crippen molar-refractivity contribution < 1.29 is 9.90 Å². The maximum atomic E-state index is 11.2. The van der Waals surface area contributed by atoms with Gasteiger partial charge in [-0.1, -0.05) is 30.3 Å². The number of carboxylic acids is 1. The lowest BCUT2D eigenvalue weighted by Crippen LogP contribution is -2.03. The molecule has 0 aliphatic heterocycles. The molecule has 0 fully saturated rings. The number of para-hydroxylation sites is 1. The van der Waals surface area contributed by atoms with Gasteiger partial charge in [0.25, 0.3) is 0 Å². The topological polar surface area (TPSA) is 62.2 Å². The number of rotatable bonds is 3. The van der Waals surface area contributed by atoms with Crippen molar-refractivity contribution in [2.45, 2.75) is 6.92 Å². The van der Waals surface area contributed by atoms with Crippen LogP contribution in [0.25, 0.3) is 10.9 Å². The lowest BCUT2D eigenvalue weighted by Gasteiger charge is -2.11. The van der Waals surface area contributed by atoms with Crippen molar-refractivity contribution in [3.8, 4) is 0 Å². The van der Waals surface area contributed by atoms with Gasteiger partial charge in [0, 0.05) is 11.1 Å². The monoisotopic (exact) mass is 278 g/mol. The molecule has 104 valence electrons. The van der Waals surface area contributed by atoms with Crippen LogP contribution in [-0.2, 0) is 0 Å². The van der Waals surface area contributed by atoms with Crippen molar-refractivity contribution in [3.05, 3.63) is 65.9 Å². The highest BCUT2D eigenvalue weighted by Crippen LogP contribution is 2.26. The van der Waals surface area contributed by atoms with Gasteiger partial charge in [0.15, 0.2) is 5.69 Å². The number of benzene rings is 2. The number of nitrogens with one attached hydrogen (secondary N) is 1. The molecule has 4 heteroatoms. The van der Waals surface area contributed by atoms with E-state index in [1.807, 2.05) is 55.5 Å². The first kappa shape index (κ1) is 13.1. The Labute approximate surface area is 122 Å². The summed E-state index contributed by atoms with van der Waals surface area (Å²) in [6, 6.07) is 17.0. The van der Waals surface area contributed by atoms with Crippen molar-refractivity contribution in [2.24, 2.45) is 0 Å². The Bertz CT molecular complexity index is 828. The SMILES string of the molecule is Cc1cccc(Nc2cc(C(=O)O)nc3ccccc23)c1. The first-order valence-corrected chi connectivity index (χ1v) is 6.60. The summed E-state index contributed by atoms with van der Waals surface area (Å²) in [5, 5.41) is 13.4. The van der Waals surface area contributed by atoms with Gasteiger partial charge in [-0.2, -0.15) is 0 Å². The summed E-state index contributed by atoms with van der Waals surface area (Å²) in [6.07, 6.45) is 0. The van der Waals surface area contributed by atoms with E-state index >= 15 is 0 Å². The Morgan fingerprint density at radius 1 is 1.10 bits per heavy atom. The molecular formula is C17H14N2O2. The average molecular weight is 278 g/mol. The number of aromatic carboxylic acids is 1. The summed E-state index contributed by atoms with van der Waals surface area (Å²) in [4.78, 5) is 15.4.